The lowest BCUT2D eigenvalue weighted by atomic mass is 9.96. The van der Waals surface area contributed by atoms with Gasteiger partial charge in [-0.05, 0) is 33.0 Å². The van der Waals surface area contributed by atoms with Crippen LogP contribution >= 0.6 is 0 Å². The first-order valence-corrected chi connectivity index (χ1v) is 9.42. The minimum atomic E-state index is -1.54. The van der Waals surface area contributed by atoms with Crippen LogP contribution in [0.1, 0.15) is 30.1 Å². The number of likely N-dealkylation sites (tertiary alicyclic amines) is 1. The first-order chi connectivity index (χ1) is 13.4. The van der Waals surface area contributed by atoms with Gasteiger partial charge in [0.15, 0.2) is 17.5 Å². The van der Waals surface area contributed by atoms with E-state index in [1.165, 1.54) is 0 Å². The maximum atomic E-state index is 13.9. The smallest absolute Gasteiger partial charge is 0.227 e. The number of amides is 1. The third-order valence-electron chi connectivity index (χ3n) is 5.13. The zero-order valence-electron chi connectivity index (χ0n) is 16.2. The van der Waals surface area contributed by atoms with Crippen LogP contribution in [0.15, 0.2) is 24.5 Å². The Labute approximate surface area is 162 Å². The Bertz CT molecular complexity index is 837. The van der Waals surface area contributed by atoms with Crippen LogP contribution < -0.4 is 0 Å². The number of hydrogen-bond acceptors (Lipinski definition) is 3. The number of carbonyl (C=O) groups excluding carboxylic acids is 1. The number of halogens is 3. The minimum absolute atomic E-state index is 0.102. The lowest BCUT2D eigenvalue weighted by molar-refractivity contribution is -0.131. The molecular weight excluding hydrogens is 369 g/mol. The molecule has 1 aromatic heterocycles. The van der Waals surface area contributed by atoms with E-state index < -0.39 is 17.5 Å². The highest BCUT2D eigenvalue weighted by Gasteiger charge is 2.28. The summed E-state index contributed by atoms with van der Waals surface area (Å²) >= 11 is 0. The zero-order chi connectivity index (χ0) is 20.3. The Balaban J connectivity index is 1.68. The van der Waals surface area contributed by atoms with Gasteiger partial charge in [0.2, 0.25) is 5.91 Å². The van der Waals surface area contributed by atoms with Crippen molar-refractivity contribution in [3.05, 3.63) is 53.4 Å². The van der Waals surface area contributed by atoms with Crippen LogP contribution in [0, 0.1) is 17.5 Å². The average molecular weight is 394 g/mol. The summed E-state index contributed by atoms with van der Waals surface area (Å²) < 4.78 is 42.5. The molecule has 0 N–H and O–H groups in total. The van der Waals surface area contributed by atoms with Crippen molar-refractivity contribution in [3.8, 4) is 0 Å². The Morgan fingerprint density at radius 3 is 2.79 bits per heavy atom. The van der Waals surface area contributed by atoms with Gasteiger partial charge in [-0.2, -0.15) is 0 Å². The molecule has 28 heavy (non-hydrogen) atoms. The lowest BCUT2D eigenvalue weighted by Gasteiger charge is -2.33. The van der Waals surface area contributed by atoms with Crippen LogP contribution in [-0.2, 0) is 17.8 Å². The maximum absolute atomic E-state index is 13.9. The molecule has 0 saturated carbocycles. The molecule has 1 aliphatic rings. The highest BCUT2D eigenvalue weighted by atomic mass is 19.2. The lowest BCUT2D eigenvalue weighted by Crippen LogP contribution is -2.40. The molecule has 2 heterocycles. The van der Waals surface area contributed by atoms with Crippen LogP contribution in [-0.4, -0.2) is 59.0 Å². The number of rotatable bonds is 6. The molecule has 1 fully saturated rings. The Morgan fingerprint density at radius 1 is 1.25 bits per heavy atom. The van der Waals surface area contributed by atoms with Crippen LogP contribution in [0.5, 0.6) is 0 Å². The molecule has 0 bridgehead atoms. The fourth-order valence-electron chi connectivity index (χ4n) is 3.57. The SMILES string of the molecule is CN(C)CCn1ccnc1[C@H]1CCCN(C(=O)Cc2ccc(F)c(F)c2F)C1. The molecule has 1 amide bonds. The number of imidazole rings is 1. The third kappa shape index (κ3) is 4.55. The summed E-state index contributed by atoms with van der Waals surface area (Å²) in [6.45, 7) is 2.75. The molecule has 0 unspecified atom stereocenters. The molecule has 1 aliphatic heterocycles. The quantitative estimate of drug-likeness (QED) is 0.708. The number of likely N-dealkylation sites (N-methyl/N-ethyl adjacent to an activating group) is 1. The van der Waals surface area contributed by atoms with Crippen LogP contribution in [0.25, 0.3) is 0 Å². The molecule has 1 saturated heterocycles. The van der Waals surface area contributed by atoms with Crippen LogP contribution in [0.2, 0.25) is 0 Å². The molecule has 2 aromatic rings. The van der Waals surface area contributed by atoms with E-state index in [2.05, 4.69) is 14.5 Å². The van der Waals surface area contributed by atoms with E-state index in [4.69, 9.17) is 0 Å². The Kier molecular flexibility index (Phi) is 6.39. The first-order valence-electron chi connectivity index (χ1n) is 9.42. The van der Waals surface area contributed by atoms with Gasteiger partial charge in [0.05, 0.1) is 6.42 Å². The summed E-state index contributed by atoms with van der Waals surface area (Å²) in [5.41, 5.74) is -0.126. The highest BCUT2D eigenvalue weighted by Crippen LogP contribution is 2.27. The van der Waals surface area contributed by atoms with Crippen LogP contribution in [0.4, 0.5) is 13.2 Å². The summed E-state index contributed by atoms with van der Waals surface area (Å²) in [5.74, 6) is -3.33. The van der Waals surface area contributed by atoms with Gasteiger partial charge in [0.1, 0.15) is 5.82 Å². The molecule has 0 radical (unpaired) electrons. The van der Waals surface area contributed by atoms with Gasteiger partial charge in [-0.15, -0.1) is 0 Å². The molecule has 0 aliphatic carbocycles. The van der Waals surface area contributed by atoms with Crippen molar-refractivity contribution >= 4 is 5.91 Å². The van der Waals surface area contributed by atoms with Gasteiger partial charge in [-0.25, -0.2) is 18.2 Å². The Hall–Kier alpha value is -2.35. The molecule has 1 aromatic carbocycles. The second-order valence-electron chi connectivity index (χ2n) is 7.47. The molecular formula is C20H25F3N4O. The Morgan fingerprint density at radius 2 is 2.04 bits per heavy atom. The van der Waals surface area contributed by atoms with Gasteiger partial charge in [0, 0.05) is 50.1 Å². The third-order valence-corrected chi connectivity index (χ3v) is 5.13. The van der Waals surface area contributed by atoms with E-state index in [-0.39, 0.29) is 23.8 Å². The van der Waals surface area contributed by atoms with E-state index in [1.54, 1.807) is 11.1 Å². The predicted molar refractivity (Wildman–Crippen MR) is 99.4 cm³/mol. The number of hydrogen-bond donors (Lipinski definition) is 0. The average Bonchev–Trinajstić information content (AvgIpc) is 3.15. The van der Waals surface area contributed by atoms with Crippen molar-refractivity contribution < 1.29 is 18.0 Å². The summed E-state index contributed by atoms with van der Waals surface area (Å²) in [4.78, 5) is 20.9. The molecule has 1 atom stereocenters. The highest BCUT2D eigenvalue weighted by molar-refractivity contribution is 5.79. The standard InChI is InChI=1S/C20H25F3N4O/c1-25(2)10-11-26-9-7-24-20(26)15-4-3-8-27(13-15)17(28)12-14-5-6-16(21)19(23)18(14)22/h5-7,9,15H,3-4,8,10-13H2,1-2H3/t15-/m0/s1. The number of aromatic nitrogens is 2. The summed E-state index contributed by atoms with van der Waals surface area (Å²) in [5, 5.41) is 0. The molecule has 3 rings (SSSR count). The van der Waals surface area contributed by atoms with Crippen molar-refractivity contribution in [2.75, 3.05) is 33.7 Å². The number of benzene rings is 1. The van der Waals surface area contributed by atoms with Crippen molar-refractivity contribution in [2.45, 2.75) is 31.7 Å². The zero-order valence-corrected chi connectivity index (χ0v) is 16.2. The van der Waals surface area contributed by atoms with E-state index in [0.29, 0.717) is 13.1 Å². The van der Waals surface area contributed by atoms with E-state index in [1.807, 2.05) is 20.3 Å². The van der Waals surface area contributed by atoms with Gasteiger partial charge in [0.25, 0.3) is 0 Å². The number of piperidine rings is 1. The monoisotopic (exact) mass is 394 g/mol. The normalized spacial score (nSPS) is 17.4. The van der Waals surface area contributed by atoms with E-state index >= 15 is 0 Å². The molecule has 8 heteroatoms. The first kappa shape index (κ1) is 20.4. The van der Waals surface area contributed by atoms with Crippen LogP contribution in [0.3, 0.4) is 0 Å². The number of carbonyl (C=O) groups is 1. The van der Waals surface area contributed by atoms with Crippen molar-refractivity contribution in [2.24, 2.45) is 0 Å². The fourth-order valence-corrected chi connectivity index (χ4v) is 3.57. The maximum Gasteiger partial charge on any atom is 0.227 e. The van der Waals surface area contributed by atoms with Crippen molar-refractivity contribution in [3.63, 3.8) is 0 Å². The predicted octanol–water partition coefficient (Wildman–Crippen LogP) is 2.81. The fraction of sp³-hybridized carbons (Fsp3) is 0.500. The summed E-state index contributed by atoms with van der Waals surface area (Å²) in [6.07, 6.45) is 5.16. The molecule has 5 nitrogen and oxygen atoms in total. The number of nitrogens with zero attached hydrogens (tertiary/aromatic N) is 4. The second-order valence-corrected chi connectivity index (χ2v) is 7.47. The molecule has 152 valence electrons. The van der Waals surface area contributed by atoms with Gasteiger partial charge >= 0.3 is 0 Å². The summed E-state index contributed by atoms with van der Waals surface area (Å²) in [7, 11) is 4.02. The molecule has 0 spiro atoms. The van der Waals surface area contributed by atoms with E-state index in [0.717, 1.165) is 43.9 Å². The van der Waals surface area contributed by atoms with E-state index in [9.17, 15) is 18.0 Å². The van der Waals surface area contributed by atoms with Crippen molar-refractivity contribution in [1.29, 1.82) is 0 Å². The van der Waals surface area contributed by atoms with Gasteiger partial charge in [-0.3, -0.25) is 4.79 Å². The largest absolute Gasteiger partial charge is 0.342 e. The second kappa shape index (κ2) is 8.77. The van der Waals surface area contributed by atoms with Crippen molar-refractivity contribution in [1.82, 2.24) is 19.4 Å². The topological polar surface area (TPSA) is 41.4 Å². The van der Waals surface area contributed by atoms with Gasteiger partial charge in [-0.1, -0.05) is 6.07 Å². The summed E-state index contributed by atoms with van der Waals surface area (Å²) in [6, 6.07) is 1.97. The minimum Gasteiger partial charge on any atom is -0.342 e. The van der Waals surface area contributed by atoms with Gasteiger partial charge < -0.3 is 14.4 Å².